The van der Waals surface area contributed by atoms with Crippen LogP contribution in [0.4, 0.5) is 0 Å². The van der Waals surface area contributed by atoms with Crippen molar-refractivity contribution in [3.8, 4) is 6.26 Å². The smallest absolute Gasteiger partial charge is 0.299 e. The summed E-state index contributed by atoms with van der Waals surface area (Å²) in [7, 11) is 0. The highest BCUT2D eigenvalue weighted by Crippen LogP contribution is 2.00. The van der Waals surface area contributed by atoms with Crippen molar-refractivity contribution in [1.29, 1.82) is 5.26 Å². The van der Waals surface area contributed by atoms with Crippen LogP contribution in [0.3, 0.4) is 0 Å². The Labute approximate surface area is 45.2 Å². The zero-order valence-electron chi connectivity index (χ0n) is 2.85. The van der Waals surface area contributed by atoms with Gasteiger partial charge in [-0.1, -0.05) is 0 Å². The third kappa shape index (κ3) is 3.93. The Hall–Kier alpha value is -0.0700. The maximum absolute atomic E-state index is 7.65. The second kappa shape index (κ2) is 4.93. The van der Waals surface area contributed by atoms with Crippen molar-refractivity contribution in [2.75, 3.05) is 5.21 Å². The van der Waals surface area contributed by atoms with Crippen LogP contribution in [0.2, 0.25) is 0 Å². The molecule has 2 nitrogen and oxygen atoms in total. The topological polar surface area (TPSA) is 33.0 Å². The van der Waals surface area contributed by atoms with Gasteiger partial charge in [0.2, 0.25) is 0 Å². The Kier molecular flexibility index (Phi) is 4.87. The first-order valence-electron chi connectivity index (χ1n) is 1.15. The average Bonchev–Trinajstić information content (AvgIpc) is 1.61. The van der Waals surface area contributed by atoms with Gasteiger partial charge in [0.1, 0.15) is 5.21 Å². The molecule has 0 amide bonds. The van der Waals surface area contributed by atoms with Crippen LogP contribution in [0.5, 0.6) is 0 Å². The van der Waals surface area contributed by atoms with Crippen molar-refractivity contribution in [2.45, 2.75) is 0 Å². The minimum absolute atomic E-state index is 0.299. The molecule has 0 aromatic heterocycles. The molecular formula is C2H2ClNOS. The zero-order chi connectivity index (χ0) is 4.83. The summed E-state index contributed by atoms with van der Waals surface area (Å²) >= 11 is 5.98. The van der Waals surface area contributed by atoms with E-state index in [1.165, 1.54) is 6.26 Å². The van der Waals surface area contributed by atoms with Crippen LogP contribution < -0.4 is 0 Å². The number of hydrogen-bond donors (Lipinski definition) is 0. The minimum Gasteiger partial charge on any atom is -0.351 e. The van der Waals surface area contributed by atoms with Gasteiger partial charge in [-0.15, -0.1) is 16.9 Å². The largest absolute Gasteiger partial charge is 0.351 e. The molecule has 0 N–H and O–H groups in total. The highest BCUT2D eigenvalue weighted by molar-refractivity contribution is 7.95. The third-order valence-corrected chi connectivity index (χ3v) is 0.689. The first-order valence-corrected chi connectivity index (χ1v) is 2.60. The molecule has 0 aliphatic carbocycles. The lowest BCUT2D eigenvalue weighted by atomic mass is 11.6. The summed E-state index contributed by atoms with van der Waals surface area (Å²) in [4.78, 5) is 0. The second-order valence-corrected chi connectivity index (χ2v) is 1.68. The molecule has 0 heterocycles. The number of rotatable bonds is 2. The number of nitrogens with zero attached hydrogens (tertiary/aromatic N) is 1. The van der Waals surface area contributed by atoms with E-state index in [1.807, 2.05) is 0 Å². The highest BCUT2D eigenvalue weighted by atomic mass is 35.5. The minimum atomic E-state index is 0.299. The van der Waals surface area contributed by atoms with Gasteiger partial charge in [0.05, 0.1) is 12.0 Å². The van der Waals surface area contributed by atoms with Crippen molar-refractivity contribution < 1.29 is 4.18 Å². The third-order valence-electron chi connectivity index (χ3n) is 0.141. The van der Waals surface area contributed by atoms with E-state index in [2.05, 4.69) is 4.18 Å². The standard InChI is InChI=1S/C2H2ClNOS/c3-1-6-5-2-4/h1H2. The second-order valence-electron chi connectivity index (χ2n) is 0.402. The van der Waals surface area contributed by atoms with Gasteiger partial charge in [0, 0.05) is 0 Å². The van der Waals surface area contributed by atoms with Crippen molar-refractivity contribution in [3.05, 3.63) is 0 Å². The molecular weight excluding hydrogens is 122 g/mol. The summed E-state index contributed by atoms with van der Waals surface area (Å²) in [6.45, 7) is 0. The fourth-order valence-electron chi connectivity index (χ4n) is 0.0486. The van der Waals surface area contributed by atoms with Gasteiger partial charge in [-0.05, 0) is 0 Å². The normalized spacial score (nSPS) is 6.67. The van der Waals surface area contributed by atoms with Crippen LogP contribution in [0, 0.1) is 11.5 Å². The van der Waals surface area contributed by atoms with Gasteiger partial charge < -0.3 is 4.18 Å². The van der Waals surface area contributed by atoms with Crippen molar-refractivity contribution in [3.63, 3.8) is 0 Å². The molecule has 0 bridgehead atoms. The van der Waals surface area contributed by atoms with Crippen LogP contribution in [0.15, 0.2) is 0 Å². The molecule has 0 aromatic rings. The van der Waals surface area contributed by atoms with E-state index in [1.54, 1.807) is 0 Å². The summed E-state index contributed by atoms with van der Waals surface area (Å²) in [5, 5.41) is 7.94. The quantitative estimate of drug-likeness (QED) is 0.240. The molecule has 0 aliphatic rings. The van der Waals surface area contributed by atoms with Crippen LogP contribution in [-0.2, 0) is 4.18 Å². The maximum Gasteiger partial charge on any atom is 0.299 e. The van der Waals surface area contributed by atoms with E-state index in [4.69, 9.17) is 16.9 Å². The summed E-state index contributed by atoms with van der Waals surface area (Å²) in [6, 6.07) is 0. The Morgan fingerprint density at radius 1 is 2.00 bits per heavy atom. The Morgan fingerprint density at radius 3 is 2.83 bits per heavy atom. The van der Waals surface area contributed by atoms with Crippen molar-refractivity contribution in [2.24, 2.45) is 0 Å². The van der Waals surface area contributed by atoms with Gasteiger partial charge in [0.25, 0.3) is 6.26 Å². The predicted molar refractivity (Wildman–Crippen MR) is 25.0 cm³/mol. The maximum atomic E-state index is 7.65. The molecule has 0 unspecified atom stereocenters. The fourth-order valence-corrected chi connectivity index (χ4v) is 0.280. The molecule has 0 saturated carbocycles. The lowest BCUT2D eigenvalue weighted by Crippen LogP contribution is -1.60. The molecule has 0 spiro atoms. The predicted octanol–water partition coefficient (Wildman–Crippen LogP) is 1.33. The SMILES string of the molecule is N#COSCCl. The zero-order valence-corrected chi connectivity index (χ0v) is 4.42. The van der Waals surface area contributed by atoms with Crippen LogP contribution in [0.25, 0.3) is 0 Å². The first-order chi connectivity index (χ1) is 2.91. The van der Waals surface area contributed by atoms with E-state index < -0.39 is 0 Å². The molecule has 0 fully saturated rings. The van der Waals surface area contributed by atoms with E-state index in [0.29, 0.717) is 5.21 Å². The molecule has 0 aromatic carbocycles. The van der Waals surface area contributed by atoms with Crippen molar-refractivity contribution >= 4 is 23.6 Å². The van der Waals surface area contributed by atoms with Gasteiger partial charge in [-0.3, -0.25) is 0 Å². The van der Waals surface area contributed by atoms with Gasteiger partial charge in [-0.2, -0.15) is 0 Å². The van der Waals surface area contributed by atoms with Gasteiger partial charge in [-0.25, -0.2) is 0 Å². The number of nitriles is 1. The highest BCUT2D eigenvalue weighted by Gasteiger charge is 1.75. The summed E-state index contributed by atoms with van der Waals surface area (Å²) in [6.07, 6.45) is 1.45. The van der Waals surface area contributed by atoms with E-state index in [-0.39, 0.29) is 0 Å². The monoisotopic (exact) mass is 123 g/mol. The molecule has 34 valence electrons. The first kappa shape index (κ1) is 5.93. The van der Waals surface area contributed by atoms with Crippen molar-refractivity contribution in [1.82, 2.24) is 0 Å². The molecule has 6 heavy (non-hydrogen) atoms. The summed E-state index contributed by atoms with van der Waals surface area (Å²) in [5.41, 5.74) is 0. The van der Waals surface area contributed by atoms with Crippen LogP contribution >= 0.6 is 23.6 Å². The number of hydrogen-bond acceptors (Lipinski definition) is 3. The molecule has 0 aliphatic heterocycles. The molecule has 4 heteroatoms. The lowest BCUT2D eigenvalue weighted by molar-refractivity contribution is 0.597. The summed E-state index contributed by atoms with van der Waals surface area (Å²) < 4.78 is 4.07. The van der Waals surface area contributed by atoms with E-state index in [0.717, 1.165) is 12.0 Å². The summed E-state index contributed by atoms with van der Waals surface area (Å²) in [5.74, 6) is 0. The number of halogens is 1. The van der Waals surface area contributed by atoms with Crippen LogP contribution in [0.1, 0.15) is 0 Å². The molecule has 0 atom stereocenters. The van der Waals surface area contributed by atoms with E-state index in [9.17, 15) is 0 Å². The Balaban J connectivity index is 2.54. The number of alkyl halides is 1. The molecule has 0 rings (SSSR count). The fraction of sp³-hybridized carbons (Fsp3) is 0.500. The lowest BCUT2D eigenvalue weighted by Gasteiger charge is -1.79. The van der Waals surface area contributed by atoms with Gasteiger partial charge >= 0.3 is 0 Å². The average molecular weight is 124 g/mol. The Morgan fingerprint density at radius 2 is 2.67 bits per heavy atom. The Bertz CT molecular complexity index is 61.1. The van der Waals surface area contributed by atoms with Gasteiger partial charge in [0.15, 0.2) is 0 Å². The molecule has 0 radical (unpaired) electrons. The van der Waals surface area contributed by atoms with E-state index >= 15 is 0 Å². The van der Waals surface area contributed by atoms with Crippen LogP contribution in [-0.4, -0.2) is 5.21 Å². The molecule has 0 saturated heterocycles.